The normalized spacial score (nSPS) is 17.6. The maximum atomic E-state index is 13.1. The van der Waals surface area contributed by atoms with Gasteiger partial charge in [-0.3, -0.25) is 9.59 Å². The number of methoxy groups -OCH3 is 1. The fraction of sp³-hybridized carbons (Fsp3) is 0.300. The molecule has 0 unspecified atom stereocenters. The lowest BCUT2D eigenvalue weighted by atomic mass is 10.2. The Kier molecular flexibility index (Phi) is 5.35. The molecule has 0 bridgehead atoms. The molecule has 0 radical (unpaired) electrons. The highest BCUT2D eigenvalue weighted by Gasteiger charge is 2.30. The number of anilines is 3. The molecule has 1 saturated heterocycles. The molecule has 2 N–H and O–H groups in total. The van der Waals surface area contributed by atoms with Gasteiger partial charge < -0.3 is 20.3 Å². The van der Waals surface area contributed by atoms with Crippen LogP contribution in [0.1, 0.15) is 6.42 Å². The number of ether oxygens (including phenoxy) is 1. The molecule has 158 valence electrons. The number of piperazine rings is 1. The molecule has 0 atom stereocenters. The summed E-state index contributed by atoms with van der Waals surface area (Å²) >= 11 is 0. The predicted molar refractivity (Wildman–Crippen MR) is 112 cm³/mol. The number of hydrogen-bond acceptors (Lipinski definition) is 6. The molecule has 2 aromatic rings. The van der Waals surface area contributed by atoms with Crippen LogP contribution in [0.5, 0.6) is 5.75 Å². The monoisotopic (exact) mass is 430 g/mol. The van der Waals surface area contributed by atoms with Crippen molar-refractivity contribution in [2.75, 3.05) is 48.8 Å². The van der Waals surface area contributed by atoms with Crippen molar-refractivity contribution in [3.05, 3.63) is 42.5 Å². The quantitative estimate of drug-likeness (QED) is 0.712. The highest BCUT2D eigenvalue weighted by molar-refractivity contribution is 7.89. The molecular weight excluding hydrogens is 408 g/mol. The van der Waals surface area contributed by atoms with Crippen LogP contribution >= 0.6 is 0 Å². The van der Waals surface area contributed by atoms with E-state index in [-0.39, 0.29) is 17.0 Å². The van der Waals surface area contributed by atoms with E-state index in [2.05, 4.69) is 15.5 Å². The lowest BCUT2D eigenvalue weighted by molar-refractivity contribution is -0.123. The predicted octanol–water partition coefficient (Wildman–Crippen LogP) is 1.49. The van der Waals surface area contributed by atoms with Crippen LogP contribution in [0, 0.1) is 0 Å². The molecule has 2 amide bonds. The molecule has 10 heteroatoms. The van der Waals surface area contributed by atoms with Crippen molar-refractivity contribution >= 4 is 38.9 Å². The lowest BCUT2D eigenvalue weighted by Crippen LogP contribution is -2.48. The summed E-state index contributed by atoms with van der Waals surface area (Å²) < 4.78 is 33.0. The second-order valence-electron chi connectivity index (χ2n) is 7.07. The van der Waals surface area contributed by atoms with Crippen molar-refractivity contribution < 1.29 is 22.7 Å². The summed E-state index contributed by atoms with van der Waals surface area (Å²) in [4.78, 5) is 25.6. The van der Waals surface area contributed by atoms with Crippen LogP contribution in [0.4, 0.5) is 17.1 Å². The fourth-order valence-electron chi connectivity index (χ4n) is 3.57. The Labute approximate surface area is 174 Å². The van der Waals surface area contributed by atoms with Crippen molar-refractivity contribution in [3.8, 4) is 5.75 Å². The van der Waals surface area contributed by atoms with Crippen LogP contribution in [-0.4, -0.2) is 57.8 Å². The number of amides is 2. The number of benzene rings is 2. The van der Waals surface area contributed by atoms with Crippen molar-refractivity contribution in [3.63, 3.8) is 0 Å². The summed E-state index contributed by atoms with van der Waals surface area (Å²) in [5.74, 6) is -0.162. The summed E-state index contributed by atoms with van der Waals surface area (Å²) in [6, 6.07) is 12.0. The molecule has 2 aliphatic rings. The Morgan fingerprint density at radius 2 is 1.60 bits per heavy atom. The third-order valence-electron chi connectivity index (χ3n) is 5.16. The van der Waals surface area contributed by atoms with Gasteiger partial charge in [0.15, 0.2) is 0 Å². The Balaban J connectivity index is 1.51. The third kappa shape index (κ3) is 3.96. The minimum atomic E-state index is -3.74. The average Bonchev–Trinajstić information content (AvgIpc) is 2.89. The molecule has 0 aromatic heterocycles. The Bertz CT molecular complexity index is 1090. The Hall–Kier alpha value is -3.11. The van der Waals surface area contributed by atoms with Gasteiger partial charge in [-0.2, -0.15) is 4.31 Å². The van der Waals surface area contributed by atoms with Crippen molar-refractivity contribution in [2.24, 2.45) is 0 Å². The van der Waals surface area contributed by atoms with Gasteiger partial charge in [-0.05, 0) is 30.3 Å². The van der Waals surface area contributed by atoms with Crippen LogP contribution in [0.25, 0.3) is 0 Å². The highest BCUT2D eigenvalue weighted by atomic mass is 32.2. The first-order valence-corrected chi connectivity index (χ1v) is 10.9. The summed E-state index contributed by atoms with van der Waals surface area (Å²) in [5.41, 5.74) is 1.64. The minimum absolute atomic E-state index is 0.0764. The summed E-state index contributed by atoms with van der Waals surface area (Å²) in [5, 5.41) is 5.18. The average molecular weight is 430 g/mol. The summed E-state index contributed by atoms with van der Waals surface area (Å²) in [6.07, 6.45) is -0.303. The Morgan fingerprint density at radius 1 is 0.900 bits per heavy atom. The standard InChI is InChI=1S/C20H22N4O5S/c1-29-15-4-2-3-14(11-15)23-7-9-24(10-8-23)30(27,28)16-5-6-17-18(12-16)22-20(26)13-19(25)21-17/h2-6,11-12H,7-10,13H2,1H3,(H,21,25)(H,22,26). The fourth-order valence-corrected chi connectivity index (χ4v) is 5.02. The zero-order chi connectivity index (χ0) is 21.3. The summed E-state index contributed by atoms with van der Waals surface area (Å²) in [6.45, 7) is 1.76. The first-order valence-electron chi connectivity index (χ1n) is 9.50. The smallest absolute Gasteiger partial charge is 0.243 e. The molecule has 9 nitrogen and oxygen atoms in total. The van der Waals surface area contributed by atoms with Gasteiger partial charge in [-0.25, -0.2) is 8.42 Å². The van der Waals surface area contributed by atoms with Gasteiger partial charge in [-0.15, -0.1) is 0 Å². The van der Waals surface area contributed by atoms with Crippen LogP contribution < -0.4 is 20.3 Å². The van der Waals surface area contributed by atoms with Gasteiger partial charge in [0.05, 0.1) is 23.4 Å². The molecule has 2 heterocycles. The first-order chi connectivity index (χ1) is 14.4. The third-order valence-corrected chi connectivity index (χ3v) is 7.05. The molecular formula is C20H22N4O5S. The largest absolute Gasteiger partial charge is 0.497 e. The topological polar surface area (TPSA) is 108 Å². The van der Waals surface area contributed by atoms with Gasteiger partial charge in [0, 0.05) is 37.9 Å². The SMILES string of the molecule is COc1cccc(N2CCN(S(=O)(=O)c3ccc4c(c3)NC(=O)CC(=O)N4)CC2)c1. The maximum absolute atomic E-state index is 13.1. The van der Waals surface area contributed by atoms with Gasteiger partial charge in [-0.1, -0.05) is 6.07 Å². The van der Waals surface area contributed by atoms with Gasteiger partial charge in [0.2, 0.25) is 21.8 Å². The number of sulfonamides is 1. The van der Waals surface area contributed by atoms with E-state index in [9.17, 15) is 18.0 Å². The Morgan fingerprint density at radius 3 is 2.30 bits per heavy atom. The minimum Gasteiger partial charge on any atom is -0.497 e. The molecule has 2 aromatic carbocycles. The van der Waals surface area contributed by atoms with E-state index < -0.39 is 21.8 Å². The van der Waals surface area contributed by atoms with Gasteiger partial charge in [0.1, 0.15) is 12.2 Å². The molecule has 30 heavy (non-hydrogen) atoms. The zero-order valence-corrected chi connectivity index (χ0v) is 17.2. The number of nitrogens with zero attached hydrogens (tertiary/aromatic N) is 2. The molecule has 0 spiro atoms. The van der Waals surface area contributed by atoms with E-state index in [4.69, 9.17) is 4.74 Å². The number of carbonyl (C=O) groups is 2. The molecule has 0 aliphatic carbocycles. The maximum Gasteiger partial charge on any atom is 0.243 e. The van der Waals surface area contributed by atoms with Crippen LogP contribution in [0.3, 0.4) is 0 Å². The number of hydrogen-bond donors (Lipinski definition) is 2. The van der Waals surface area contributed by atoms with E-state index >= 15 is 0 Å². The first kappa shape index (κ1) is 20.2. The molecule has 1 fully saturated rings. The summed E-state index contributed by atoms with van der Waals surface area (Å²) in [7, 11) is -2.13. The van der Waals surface area contributed by atoms with Crippen LogP contribution in [-0.2, 0) is 19.6 Å². The van der Waals surface area contributed by atoms with E-state index in [1.807, 2.05) is 24.3 Å². The van der Waals surface area contributed by atoms with E-state index in [1.54, 1.807) is 7.11 Å². The number of fused-ring (bicyclic) bond motifs is 1. The van der Waals surface area contributed by atoms with Gasteiger partial charge in [0.25, 0.3) is 0 Å². The van der Waals surface area contributed by atoms with E-state index in [0.29, 0.717) is 31.9 Å². The zero-order valence-electron chi connectivity index (χ0n) is 16.4. The highest BCUT2D eigenvalue weighted by Crippen LogP contribution is 2.30. The van der Waals surface area contributed by atoms with Gasteiger partial charge >= 0.3 is 0 Å². The lowest BCUT2D eigenvalue weighted by Gasteiger charge is -2.35. The molecule has 2 aliphatic heterocycles. The van der Waals surface area contributed by atoms with Crippen molar-refractivity contribution in [1.82, 2.24) is 4.31 Å². The van der Waals surface area contributed by atoms with E-state index in [0.717, 1.165) is 11.4 Å². The van der Waals surface area contributed by atoms with Crippen LogP contribution in [0.2, 0.25) is 0 Å². The number of rotatable bonds is 4. The van der Waals surface area contributed by atoms with Crippen LogP contribution in [0.15, 0.2) is 47.4 Å². The van der Waals surface area contributed by atoms with E-state index in [1.165, 1.54) is 22.5 Å². The molecule has 0 saturated carbocycles. The number of nitrogens with one attached hydrogen (secondary N) is 2. The number of carbonyl (C=O) groups excluding carboxylic acids is 2. The molecule has 4 rings (SSSR count). The second-order valence-corrected chi connectivity index (χ2v) is 9.01. The second kappa shape index (κ2) is 7.96. The van der Waals surface area contributed by atoms with Crippen molar-refractivity contribution in [2.45, 2.75) is 11.3 Å². The van der Waals surface area contributed by atoms with Crippen molar-refractivity contribution in [1.29, 1.82) is 0 Å².